The van der Waals surface area contributed by atoms with Crippen LogP contribution in [0.3, 0.4) is 0 Å². The zero-order chi connectivity index (χ0) is 22.5. The van der Waals surface area contributed by atoms with Crippen LogP contribution in [-0.2, 0) is 9.73 Å². The van der Waals surface area contributed by atoms with Crippen molar-refractivity contribution in [3.05, 3.63) is 36.8 Å². The summed E-state index contributed by atoms with van der Waals surface area (Å²) in [7, 11) is -2.16. The van der Waals surface area contributed by atoms with Crippen molar-refractivity contribution in [3.8, 4) is 11.5 Å². The number of hydrogen-bond acceptors (Lipinski definition) is 7. The van der Waals surface area contributed by atoms with E-state index < -0.39 is 15.9 Å². The number of aromatic nitrogens is 4. The Morgan fingerprint density at radius 2 is 1.91 bits per heavy atom. The summed E-state index contributed by atoms with van der Waals surface area (Å²) in [6.07, 6.45) is 9.04. The zero-order valence-corrected chi connectivity index (χ0v) is 19.4. The van der Waals surface area contributed by atoms with Gasteiger partial charge in [0, 0.05) is 47.7 Å². The van der Waals surface area contributed by atoms with Crippen molar-refractivity contribution < 1.29 is 8.60 Å². The molecular weight excluding hydrogens is 429 g/mol. The first-order chi connectivity index (χ1) is 15.2. The fraction of sp³-hybridized carbons (Fsp3) is 0.500. The van der Waals surface area contributed by atoms with Gasteiger partial charge < -0.3 is 9.80 Å². The molecule has 2 aliphatic heterocycles. The smallest absolute Gasteiger partial charge is 0.180 e. The molecule has 2 fully saturated rings. The van der Waals surface area contributed by atoms with Crippen LogP contribution in [0.15, 0.2) is 41.2 Å². The molecule has 0 saturated carbocycles. The van der Waals surface area contributed by atoms with Crippen molar-refractivity contribution in [3.63, 3.8) is 0 Å². The molecule has 0 bridgehead atoms. The van der Waals surface area contributed by atoms with Gasteiger partial charge in [-0.15, -0.1) is 0 Å². The number of anilines is 2. The molecule has 0 radical (unpaired) electrons. The summed E-state index contributed by atoms with van der Waals surface area (Å²) >= 11 is 0. The largest absolute Gasteiger partial charge is 0.364 e. The molecule has 8 nitrogen and oxygen atoms in total. The van der Waals surface area contributed by atoms with Crippen LogP contribution >= 0.6 is 0 Å². The van der Waals surface area contributed by atoms with E-state index in [1.807, 2.05) is 33.7 Å². The van der Waals surface area contributed by atoms with E-state index in [2.05, 4.69) is 26.2 Å². The molecule has 0 N–H and O–H groups in total. The molecule has 2 aliphatic rings. The molecule has 0 unspecified atom stereocenters. The van der Waals surface area contributed by atoms with Gasteiger partial charge in [-0.05, 0) is 30.5 Å². The normalized spacial score (nSPS) is 22.2. The van der Waals surface area contributed by atoms with Crippen LogP contribution in [0.5, 0.6) is 0 Å². The van der Waals surface area contributed by atoms with E-state index in [-0.39, 0.29) is 6.04 Å². The lowest BCUT2D eigenvalue weighted by atomic mass is 9.97. The Balaban J connectivity index is 1.46. The number of piperidine rings is 1. The Morgan fingerprint density at radius 1 is 1.09 bits per heavy atom. The first-order valence-corrected chi connectivity index (χ1v) is 13.2. The van der Waals surface area contributed by atoms with Gasteiger partial charge in [-0.3, -0.25) is 8.61 Å². The second kappa shape index (κ2) is 7.99. The number of hydrogen-bond donors (Lipinski definition) is 0. The number of pyridine rings is 1. The SMILES string of the molecule is C[C@@H]1C[C@H](N=S(C)(C)=O)CN(c2ccnc(-c3cnc4ccc(N5CC(F)C5)cn34)n2)C1. The van der Waals surface area contributed by atoms with Gasteiger partial charge in [0.05, 0.1) is 31.0 Å². The van der Waals surface area contributed by atoms with Crippen LogP contribution in [-0.4, -0.2) is 74.5 Å². The molecule has 3 aromatic rings. The van der Waals surface area contributed by atoms with Crippen molar-refractivity contribution in [2.45, 2.75) is 25.6 Å². The van der Waals surface area contributed by atoms with Gasteiger partial charge in [-0.1, -0.05) is 6.92 Å². The maximum atomic E-state index is 13.3. The summed E-state index contributed by atoms with van der Waals surface area (Å²) in [6.45, 7) is 4.59. The maximum Gasteiger partial charge on any atom is 0.180 e. The summed E-state index contributed by atoms with van der Waals surface area (Å²) in [5.74, 6) is 1.84. The van der Waals surface area contributed by atoms with E-state index >= 15 is 0 Å². The molecule has 170 valence electrons. The molecule has 32 heavy (non-hydrogen) atoms. The quantitative estimate of drug-likeness (QED) is 0.600. The minimum atomic E-state index is -2.16. The molecule has 5 rings (SSSR count). The average Bonchev–Trinajstić information content (AvgIpc) is 3.13. The summed E-state index contributed by atoms with van der Waals surface area (Å²) in [5, 5.41) is 0. The van der Waals surface area contributed by atoms with Gasteiger partial charge in [-0.2, -0.15) is 0 Å². The van der Waals surface area contributed by atoms with E-state index in [4.69, 9.17) is 4.98 Å². The molecule has 0 amide bonds. The van der Waals surface area contributed by atoms with Gasteiger partial charge in [0.2, 0.25) is 0 Å². The molecular formula is C22H28FN7OS. The van der Waals surface area contributed by atoms with Gasteiger partial charge in [0.15, 0.2) is 5.82 Å². The lowest BCUT2D eigenvalue weighted by Gasteiger charge is -2.36. The third-order valence-electron chi connectivity index (χ3n) is 5.93. The number of rotatable bonds is 4. The van der Waals surface area contributed by atoms with Crippen molar-refractivity contribution in [2.75, 3.05) is 48.5 Å². The lowest BCUT2D eigenvalue weighted by molar-refractivity contribution is 0.274. The Bertz CT molecular complexity index is 1250. The van der Waals surface area contributed by atoms with E-state index in [0.29, 0.717) is 31.4 Å². The van der Waals surface area contributed by atoms with Gasteiger partial charge in [-0.25, -0.2) is 23.7 Å². The molecule has 10 heteroatoms. The average molecular weight is 458 g/mol. The van der Waals surface area contributed by atoms with Crippen LogP contribution in [0.1, 0.15) is 13.3 Å². The number of imidazole rings is 1. The standard InChI is InChI=1S/C22H28FN7OS/c1-15-8-17(27-32(2,3)31)13-29(10-15)21-6-7-24-22(26-21)19-9-25-20-5-4-18(14-30(19)20)28-11-16(23)12-28/h4-7,9,14-17H,8,10-13H2,1-3H3/t15-,17+/m1/s1. The van der Waals surface area contributed by atoms with Crippen LogP contribution < -0.4 is 9.80 Å². The maximum absolute atomic E-state index is 13.3. The summed E-state index contributed by atoms with van der Waals surface area (Å²) in [5.41, 5.74) is 2.54. The summed E-state index contributed by atoms with van der Waals surface area (Å²) in [4.78, 5) is 18.0. The molecule has 5 heterocycles. The predicted octanol–water partition coefficient (Wildman–Crippen LogP) is 2.89. The Hall–Kier alpha value is -2.75. The number of alkyl halides is 1. The molecule has 0 aromatic carbocycles. The number of fused-ring (bicyclic) bond motifs is 1. The minimum Gasteiger partial charge on any atom is -0.364 e. The van der Waals surface area contributed by atoms with Crippen molar-refractivity contribution >= 4 is 26.9 Å². The lowest BCUT2D eigenvalue weighted by Crippen LogP contribution is -2.48. The van der Waals surface area contributed by atoms with Gasteiger partial charge in [0.25, 0.3) is 0 Å². The van der Waals surface area contributed by atoms with E-state index in [0.717, 1.165) is 35.8 Å². The van der Waals surface area contributed by atoms with Crippen LogP contribution in [0.4, 0.5) is 15.9 Å². The summed E-state index contributed by atoms with van der Waals surface area (Å²) < 4.78 is 32.0. The minimum absolute atomic E-state index is 0.0221. The fourth-order valence-electron chi connectivity index (χ4n) is 4.55. The third-order valence-corrected chi connectivity index (χ3v) is 6.73. The second-order valence-electron chi connectivity index (χ2n) is 9.19. The zero-order valence-electron chi connectivity index (χ0n) is 18.6. The Kier molecular flexibility index (Phi) is 5.27. The van der Waals surface area contributed by atoms with Gasteiger partial charge in [0.1, 0.15) is 23.3 Å². The number of nitrogens with zero attached hydrogens (tertiary/aromatic N) is 7. The highest BCUT2D eigenvalue weighted by Gasteiger charge is 2.28. The number of halogens is 1. The predicted molar refractivity (Wildman–Crippen MR) is 126 cm³/mol. The highest BCUT2D eigenvalue weighted by molar-refractivity contribution is 7.92. The van der Waals surface area contributed by atoms with E-state index in [1.165, 1.54) is 0 Å². The molecule has 3 aromatic heterocycles. The van der Waals surface area contributed by atoms with Crippen LogP contribution in [0.25, 0.3) is 17.2 Å². The highest BCUT2D eigenvalue weighted by Crippen LogP contribution is 2.28. The van der Waals surface area contributed by atoms with Gasteiger partial charge >= 0.3 is 0 Å². The highest BCUT2D eigenvalue weighted by atomic mass is 32.2. The second-order valence-corrected chi connectivity index (χ2v) is 11.8. The first-order valence-electron chi connectivity index (χ1n) is 10.9. The van der Waals surface area contributed by atoms with E-state index in [1.54, 1.807) is 24.9 Å². The summed E-state index contributed by atoms with van der Waals surface area (Å²) in [6, 6.07) is 5.82. The topological polar surface area (TPSA) is 79.0 Å². The molecule has 0 aliphatic carbocycles. The molecule has 0 spiro atoms. The van der Waals surface area contributed by atoms with Crippen molar-refractivity contribution in [2.24, 2.45) is 10.3 Å². The van der Waals surface area contributed by atoms with Crippen LogP contribution in [0.2, 0.25) is 0 Å². The molecule has 2 saturated heterocycles. The Morgan fingerprint density at radius 3 is 2.66 bits per heavy atom. The third kappa shape index (κ3) is 4.28. The van der Waals surface area contributed by atoms with Crippen LogP contribution in [0, 0.1) is 5.92 Å². The monoisotopic (exact) mass is 457 g/mol. The van der Waals surface area contributed by atoms with Crippen molar-refractivity contribution in [1.82, 2.24) is 19.4 Å². The Labute approximate surface area is 187 Å². The van der Waals surface area contributed by atoms with Crippen molar-refractivity contribution in [1.29, 1.82) is 0 Å². The first kappa shape index (κ1) is 21.1. The van der Waals surface area contributed by atoms with E-state index in [9.17, 15) is 8.60 Å². The molecule has 2 atom stereocenters. The fourth-order valence-corrected chi connectivity index (χ4v) is 5.42.